The molecule has 0 fully saturated rings. The Kier molecular flexibility index (Phi) is 4.36. The van der Waals surface area contributed by atoms with Gasteiger partial charge in [-0.3, -0.25) is 0 Å². The van der Waals surface area contributed by atoms with Crippen LogP contribution in [0.15, 0.2) is 115 Å². The van der Waals surface area contributed by atoms with Gasteiger partial charge < -0.3 is 4.90 Å². The molecule has 0 saturated carbocycles. The van der Waals surface area contributed by atoms with Crippen LogP contribution >= 0.6 is 0 Å². The number of hydrogen-bond acceptors (Lipinski definition) is 4. The van der Waals surface area contributed by atoms with Crippen LogP contribution in [0.2, 0.25) is 0 Å². The second-order valence-electron chi connectivity index (χ2n) is 7.52. The van der Waals surface area contributed by atoms with Gasteiger partial charge in [0.05, 0.1) is 5.52 Å². The number of para-hydroxylation sites is 3. The average molecular weight is 413 g/mol. The second-order valence-corrected chi connectivity index (χ2v) is 7.52. The Labute approximate surface area is 185 Å². The normalized spacial score (nSPS) is 11.1. The van der Waals surface area contributed by atoms with Crippen LogP contribution in [0.3, 0.4) is 0 Å². The molecule has 6 rings (SSSR count). The summed E-state index contributed by atoms with van der Waals surface area (Å²) in [5.74, 6) is 1.25. The minimum absolute atomic E-state index is 0.595. The Balaban J connectivity index is 1.42. The SMILES string of the molecule is c1ccc(N(c2ccccc2)c2ccc(-c3nc4ncc5ccccc5n4n3)cc2)cc1. The van der Waals surface area contributed by atoms with Gasteiger partial charge in [-0.1, -0.05) is 54.6 Å². The highest BCUT2D eigenvalue weighted by Crippen LogP contribution is 2.34. The summed E-state index contributed by atoms with van der Waals surface area (Å²) >= 11 is 0. The van der Waals surface area contributed by atoms with Crippen LogP contribution < -0.4 is 4.90 Å². The largest absolute Gasteiger partial charge is 0.311 e. The van der Waals surface area contributed by atoms with Gasteiger partial charge in [-0.15, -0.1) is 5.10 Å². The highest BCUT2D eigenvalue weighted by atomic mass is 15.3. The van der Waals surface area contributed by atoms with Gasteiger partial charge in [-0.25, -0.2) is 4.98 Å². The van der Waals surface area contributed by atoms with Crippen molar-refractivity contribution in [3.8, 4) is 11.4 Å². The van der Waals surface area contributed by atoms with Crippen molar-refractivity contribution in [2.75, 3.05) is 4.90 Å². The maximum absolute atomic E-state index is 4.73. The number of rotatable bonds is 4. The third-order valence-electron chi connectivity index (χ3n) is 5.49. The van der Waals surface area contributed by atoms with E-state index < -0.39 is 0 Å². The topological polar surface area (TPSA) is 46.3 Å². The molecule has 0 amide bonds. The number of benzene rings is 4. The lowest BCUT2D eigenvalue weighted by Gasteiger charge is -2.25. The average Bonchev–Trinajstić information content (AvgIpc) is 3.31. The molecule has 4 aromatic carbocycles. The molecule has 152 valence electrons. The van der Waals surface area contributed by atoms with E-state index in [1.165, 1.54) is 0 Å². The summed E-state index contributed by atoms with van der Waals surface area (Å²) in [5, 5.41) is 5.77. The van der Waals surface area contributed by atoms with E-state index in [9.17, 15) is 0 Å². The van der Waals surface area contributed by atoms with Crippen molar-refractivity contribution >= 4 is 33.7 Å². The fraction of sp³-hybridized carbons (Fsp3) is 0. The zero-order valence-electron chi connectivity index (χ0n) is 17.2. The van der Waals surface area contributed by atoms with E-state index in [2.05, 4.69) is 87.7 Å². The molecule has 0 aliphatic carbocycles. The summed E-state index contributed by atoms with van der Waals surface area (Å²) in [7, 11) is 0. The highest BCUT2D eigenvalue weighted by molar-refractivity contribution is 5.80. The molecular weight excluding hydrogens is 394 g/mol. The first-order valence-electron chi connectivity index (χ1n) is 10.5. The van der Waals surface area contributed by atoms with Gasteiger partial charge in [0, 0.05) is 34.2 Å². The van der Waals surface area contributed by atoms with Crippen molar-refractivity contribution in [1.82, 2.24) is 19.6 Å². The van der Waals surface area contributed by atoms with Gasteiger partial charge >= 0.3 is 0 Å². The molecule has 6 aromatic rings. The summed E-state index contributed by atoms with van der Waals surface area (Å²) in [5.41, 5.74) is 5.22. The molecule has 0 bridgehead atoms. The van der Waals surface area contributed by atoms with Crippen LogP contribution in [0.25, 0.3) is 28.1 Å². The molecule has 0 saturated heterocycles. The first-order valence-corrected chi connectivity index (χ1v) is 10.5. The van der Waals surface area contributed by atoms with Gasteiger partial charge in [-0.2, -0.15) is 9.50 Å². The predicted octanol–water partition coefficient (Wildman–Crippen LogP) is 6.41. The zero-order valence-corrected chi connectivity index (χ0v) is 17.2. The number of nitrogens with zero attached hydrogens (tertiary/aromatic N) is 5. The van der Waals surface area contributed by atoms with Gasteiger partial charge in [0.1, 0.15) is 0 Å². The zero-order chi connectivity index (χ0) is 21.3. The fourth-order valence-corrected chi connectivity index (χ4v) is 3.95. The third kappa shape index (κ3) is 3.17. The van der Waals surface area contributed by atoms with Crippen molar-refractivity contribution in [2.45, 2.75) is 0 Å². The van der Waals surface area contributed by atoms with Crippen LogP contribution in [0.5, 0.6) is 0 Å². The Morgan fingerprint density at radius 1 is 0.594 bits per heavy atom. The molecule has 5 heteroatoms. The van der Waals surface area contributed by atoms with Crippen LogP contribution in [0.1, 0.15) is 0 Å². The fourth-order valence-electron chi connectivity index (χ4n) is 3.95. The number of aromatic nitrogens is 4. The summed E-state index contributed by atoms with van der Waals surface area (Å²) in [4.78, 5) is 11.3. The molecule has 0 N–H and O–H groups in total. The standard InChI is InChI=1S/C27H19N5/c1-3-10-22(11-4-1)31(23-12-5-2-6-13-23)24-17-15-20(16-18-24)26-29-27-28-19-21-9-7-8-14-25(21)32(27)30-26/h1-19H. The van der Waals surface area contributed by atoms with Crippen LogP contribution in [0, 0.1) is 0 Å². The van der Waals surface area contributed by atoms with Crippen molar-refractivity contribution in [3.63, 3.8) is 0 Å². The smallest absolute Gasteiger partial charge is 0.253 e. The maximum atomic E-state index is 4.73. The quantitative estimate of drug-likeness (QED) is 0.335. The van der Waals surface area contributed by atoms with Crippen molar-refractivity contribution < 1.29 is 0 Å². The molecule has 5 nitrogen and oxygen atoms in total. The lowest BCUT2D eigenvalue weighted by Crippen LogP contribution is -2.09. The maximum Gasteiger partial charge on any atom is 0.253 e. The Hall–Kier alpha value is -4.51. The van der Waals surface area contributed by atoms with E-state index in [0.717, 1.165) is 33.5 Å². The van der Waals surface area contributed by atoms with E-state index in [-0.39, 0.29) is 0 Å². The monoisotopic (exact) mass is 413 g/mol. The molecule has 0 radical (unpaired) electrons. The molecule has 0 spiro atoms. The third-order valence-corrected chi connectivity index (χ3v) is 5.49. The highest BCUT2D eigenvalue weighted by Gasteiger charge is 2.14. The van der Waals surface area contributed by atoms with Gasteiger partial charge in [0.25, 0.3) is 5.78 Å². The Morgan fingerprint density at radius 3 is 1.88 bits per heavy atom. The molecule has 0 atom stereocenters. The molecular formula is C27H19N5. The summed E-state index contributed by atoms with van der Waals surface area (Å²) in [6.07, 6.45) is 1.84. The van der Waals surface area contributed by atoms with Gasteiger partial charge in [0.2, 0.25) is 0 Å². The Bertz CT molecular complexity index is 1470. The second kappa shape index (κ2) is 7.63. The number of hydrogen-bond donors (Lipinski definition) is 0. The van der Waals surface area contributed by atoms with E-state index >= 15 is 0 Å². The molecule has 2 heterocycles. The molecule has 0 unspecified atom stereocenters. The van der Waals surface area contributed by atoms with E-state index in [1.54, 1.807) is 4.52 Å². The van der Waals surface area contributed by atoms with Crippen LogP contribution in [-0.4, -0.2) is 19.6 Å². The van der Waals surface area contributed by atoms with E-state index in [0.29, 0.717) is 11.6 Å². The first-order chi connectivity index (χ1) is 15.9. The summed E-state index contributed by atoms with van der Waals surface area (Å²) in [6.45, 7) is 0. The first kappa shape index (κ1) is 18.3. The Morgan fingerprint density at radius 2 is 1.19 bits per heavy atom. The summed E-state index contributed by atoms with van der Waals surface area (Å²) in [6, 6.07) is 37.1. The molecule has 0 aliphatic heterocycles. The van der Waals surface area contributed by atoms with Crippen molar-refractivity contribution in [1.29, 1.82) is 0 Å². The van der Waals surface area contributed by atoms with Crippen molar-refractivity contribution in [2.24, 2.45) is 0 Å². The van der Waals surface area contributed by atoms with E-state index in [1.807, 2.05) is 42.6 Å². The van der Waals surface area contributed by atoms with Gasteiger partial charge in [0.15, 0.2) is 5.82 Å². The van der Waals surface area contributed by atoms with Crippen LogP contribution in [0.4, 0.5) is 17.1 Å². The lowest BCUT2D eigenvalue weighted by molar-refractivity contribution is 0.987. The summed E-state index contributed by atoms with van der Waals surface area (Å²) < 4.78 is 1.80. The number of anilines is 3. The minimum atomic E-state index is 0.595. The van der Waals surface area contributed by atoms with Crippen molar-refractivity contribution in [3.05, 3.63) is 115 Å². The van der Waals surface area contributed by atoms with E-state index in [4.69, 9.17) is 5.10 Å². The molecule has 0 aliphatic rings. The predicted molar refractivity (Wildman–Crippen MR) is 128 cm³/mol. The van der Waals surface area contributed by atoms with Crippen LogP contribution in [-0.2, 0) is 0 Å². The minimum Gasteiger partial charge on any atom is -0.311 e. The van der Waals surface area contributed by atoms with Gasteiger partial charge in [-0.05, 0) is 54.6 Å². The lowest BCUT2D eigenvalue weighted by atomic mass is 10.1. The molecule has 2 aromatic heterocycles. The number of fused-ring (bicyclic) bond motifs is 3. The molecule has 32 heavy (non-hydrogen) atoms.